The molecular formula is C34H47Cl2N5O5. The standard InChI is InChI=1S/C34H45N5O5.2ClH/c1-5-43-34-35-32(42-4)28(33(36-34)44-24(2)3)22-37-20-27-21-38(30(41)16-19-40)17-18-39(27)29(23-37)31(25-12-8-6-9-13-25)26-14-10-7-11-15-26;;/h6-15,24,27,29,31,40H,5,16-23H2,1-4H3;2*1H/t27-,29+;;/m1../s1. The fourth-order valence-corrected chi connectivity index (χ4v) is 6.54. The molecule has 1 N–H and O–H groups in total. The van der Waals surface area contributed by atoms with E-state index in [-0.39, 0.29) is 73.9 Å². The molecule has 2 aliphatic heterocycles. The van der Waals surface area contributed by atoms with E-state index >= 15 is 0 Å². The average molecular weight is 677 g/mol. The third-order valence-corrected chi connectivity index (χ3v) is 8.36. The van der Waals surface area contributed by atoms with Gasteiger partial charge < -0.3 is 24.2 Å². The van der Waals surface area contributed by atoms with Gasteiger partial charge in [-0.3, -0.25) is 14.6 Å². The molecule has 2 aliphatic rings. The van der Waals surface area contributed by atoms with E-state index in [4.69, 9.17) is 14.2 Å². The van der Waals surface area contributed by atoms with Crippen LogP contribution in [0.3, 0.4) is 0 Å². The van der Waals surface area contributed by atoms with Gasteiger partial charge in [0.1, 0.15) is 0 Å². The van der Waals surface area contributed by atoms with Crippen molar-refractivity contribution in [3.8, 4) is 17.8 Å². The zero-order valence-corrected chi connectivity index (χ0v) is 28.7. The van der Waals surface area contributed by atoms with Crippen molar-refractivity contribution >= 4 is 30.7 Å². The first-order valence-electron chi connectivity index (χ1n) is 15.6. The van der Waals surface area contributed by atoms with Crippen LogP contribution < -0.4 is 14.2 Å². The lowest BCUT2D eigenvalue weighted by Crippen LogP contribution is -2.67. The van der Waals surface area contributed by atoms with Crippen molar-refractivity contribution in [2.75, 3.05) is 53.0 Å². The van der Waals surface area contributed by atoms with Crippen LogP contribution in [-0.4, -0.2) is 107 Å². The Kier molecular flexibility index (Phi) is 14.3. The number of hydrogen-bond acceptors (Lipinski definition) is 9. The zero-order valence-electron chi connectivity index (χ0n) is 27.1. The number of aliphatic hydroxyl groups excluding tert-OH is 1. The Morgan fingerprint density at radius 2 is 1.57 bits per heavy atom. The summed E-state index contributed by atoms with van der Waals surface area (Å²) in [6, 6.07) is 21.8. The number of methoxy groups -OCH3 is 1. The molecule has 2 saturated heterocycles. The number of halogens is 2. The van der Waals surface area contributed by atoms with Gasteiger partial charge in [0.15, 0.2) is 0 Å². The van der Waals surface area contributed by atoms with E-state index in [1.807, 2.05) is 25.7 Å². The molecule has 3 aromatic rings. The SMILES string of the molecule is CCOc1nc(OC)c(CN2C[C@@H]3CN(C(=O)CCO)CCN3[C@H](C(c3ccccc3)c3ccccc3)C2)c(OC(C)C)n1.Cl.Cl. The fourth-order valence-electron chi connectivity index (χ4n) is 6.54. The smallest absolute Gasteiger partial charge is 0.323 e. The predicted molar refractivity (Wildman–Crippen MR) is 183 cm³/mol. The van der Waals surface area contributed by atoms with Crippen molar-refractivity contribution < 1.29 is 24.1 Å². The van der Waals surface area contributed by atoms with Crippen molar-refractivity contribution in [2.24, 2.45) is 0 Å². The van der Waals surface area contributed by atoms with Gasteiger partial charge in [-0.25, -0.2) is 0 Å². The number of nitrogens with zero attached hydrogens (tertiary/aromatic N) is 5. The number of carbonyl (C=O) groups is 1. The van der Waals surface area contributed by atoms with E-state index in [2.05, 4.69) is 80.4 Å². The molecule has 252 valence electrons. The molecule has 3 heterocycles. The highest BCUT2D eigenvalue weighted by Crippen LogP contribution is 2.37. The second kappa shape index (κ2) is 17.7. The van der Waals surface area contributed by atoms with Crippen LogP contribution in [0.5, 0.6) is 17.8 Å². The summed E-state index contributed by atoms with van der Waals surface area (Å²) in [6.45, 7) is 10.2. The first kappa shape index (κ1) is 37.3. The van der Waals surface area contributed by atoms with Gasteiger partial charge in [-0.05, 0) is 31.9 Å². The molecular weight excluding hydrogens is 629 g/mol. The molecule has 2 fully saturated rings. The minimum absolute atomic E-state index is 0. The van der Waals surface area contributed by atoms with E-state index in [1.165, 1.54) is 11.1 Å². The molecule has 1 aromatic heterocycles. The summed E-state index contributed by atoms with van der Waals surface area (Å²) in [5, 5.41) is 9.45. The molecule has 0 saturated carbocycles. The highest BCUT2D eigenvalue weighted by atomic mass is 35.5. The summed E-state index contributed by atoms with van der Waals surface area (Å²) in [6.07, 6.45) is 0.0463. The molecule has 1 amide bonds. The van der Waals surface area contributed by atoms with Crippen LogP contribution in [0.4, 0.5) is 0 Å². The third-order valence-electron chi connectivity index (χ3n) is 8.36. The average Bonchev–Trinajstić information content (AvgIpc) is 3.03. The fraction of sp³-hybridized carbons (Fsp3) is 0.500. The van der Waals surface area contributed by atoms with Gasteiger partial charge in [0.2, 0.25) is 17.7 Å². The maximum atomic E-state index is 12.9. The van der Waals surface area contributed by atoms with Gasteiger partial charge >= 0.3 is 6.01 Å². The van der Waals surface area contributed by atoms with Crippen LogP contribution in [0.15, 0.2) is 60.7 Å². The number of ether oxygens (including phenoxy) is 3. The Hall–Kier alpha value is -3.15. The highest BCUT2D eigenvalue weighted by molar-refractivity contribution is 5.85. The summed E-state index contributed by atoms with van der Waals surface area (Å²) in [5.74, 6) is 1.01. The number of carbonyl (C=O) groups excluding carboxylic acids is 1. The Balaban J connectivity index is 0.00000288. The molecule has 5 rings (SSSR count). The Morgan fingerprint density at radius 3 is 2.13 bits per heavy atom. The lowest BCUT2D eigenvalue weighted by Gasteiger charge is -2.53. The summed E-state index contributed by atoms with van der Waals surface area (Å²) in [7, 11) is 1.61. The van der Waals surface area contributed by atoms with Crippen molar-refractivity contribution in [3.05, 3.63) is 77.4 Å². The van der Waals surface area contributed by atoms with E-state index in [1.54, 1.807) is 7.11 Å². The van der Waals surface area contributed by atoms with E-state index < -0.39 is 0 Å². The van der Waals surface area contributed by atoms with Crippen molar-refractivity contribution in [3.63, 3.8) is 0 Å². The topological polar surface area (TPSA) is 100 Å². The normalized spacial score (nSPS) is 18.4. The quantitative estimate of drug-likeness (QED) is 0.299. The van der Waals surface area contributed by atoms with Crippen LogP contribution in [0.1, 0.15) is 49.8 Å². The van der Waals surface area contributed by atoms with E-state index in [9.17, 15) is 9.90 Å². The Labute approximate surface area is 284 Å². The van der Waals surface area contributed by atoms with Crippen LogP contribution in [0.25, 0.3) is 0 Å². The molecule has 10 nitrogen and oxygen atoms in total. The Bertz CT molecular complexity index is 1330. The number of piperazine rings is 2. The van der Waals surface area contributed by atoms with Gasteiger partial charge in [0.25, 0.3) is 0 Å². The van der Waals surface area contributed by atoms with Gasteiger partial charge in [-0.1, -0.05) is 60.7 Å². The number of benzene rings is 2. The van der Waals surface area contributed by atoms with Crippen molar-refractivity contribution in [2.45, 2.75) is 57.8 Å². The molecule has 0 unspecified atom stereocenters. The van der Waals surface area contributed by atoms with Crippen LogP contribution in [0.2, 0.25) is 0 Å². The zero-order chi connectivity index (χ0) is 31.1. The molecule has 2 aromatic carbocycles. The molecule has 0 aliphatic carbocycles. The lowest BCUT2D eigenvalue weighted by molar-refractivity contribution is -0.137. The molecule has 0 spiro atoms. The van der Waals surface area contributed by atoms with Gasteiger partial charge in [0, 0.05) is 63.7 Å². The minimum Gasteiger partial charge on any atom is -0.481 e. The van der Waals surface area contributed by atoms with Crippen molar-refractivity contribution in [1.82, 2.24) is 24.7 Å². The van der Waals surface area contributed by atoms with Gasteiger partial charge in [-0.15, -0.1) is 24.8 Å². The molecule has 12 heteroatoms. The van der Waals surface area contributed by atoms with Crippen LogP contribution in [0, 0.1) is 0 Å². The molecule has 0 radical (unpaired) electrons. The molecule has 0 bridgehead atoms. The highest BCUT2D eigenvalue weighted by Gasteiger charge is 2.43. The number of hydrogen-bond donors (Lipinski definition) is 1. The summed E-state index contributed by atoms with van der Waals surface area (Å²) < 4.78 is 17.6. The number of fused-ring (bicyclic) bond motifs is 1. The maximum absolute atomic E-state index is 12.9. The second-order valence-electron chi connectivity index (χ2n) is 11.7. The first-order chi connectivity index (χ1) is 21.4. The van der Waals surface area contributed by atoms with Crippen molar-refractivity contribution in [1.29, 1.82) is 0 Å². The summed E-state index contributed by atoms with van der Waals surface area (Å²) in [5.41, 5.74) is 3.29. The van der Waals surface area contributed by atoms with Crippen LogP contribution in [-0.2, 0) is 11.3 Å². The number of amides is 1. The second-order valence-corrected chi connectivity index (χ2v) is 11.7. The monoisotopic (exact) mass is 675 g/mol. The largest absolute Gasteiger partial charge is 0.481 e. The summed E-state index contributed by atoms with van der Waals surface area (Å²) in [4.78, 5) is 29.0. The number of rotatable bonds is 12. The Morgan fingerprint density at radius 1 is 0.935 bits per heavy atom. The minimum atomic E-state index is -0.140. The first-order valence-corrected chi connectivity index (χ1v) is 15.6. The van der Waals surface area contributed by atoms with Gasteiger partial charge in [-0.2, -0.15) is 9.97 Å². The van der Waals surface area contributed by atoms with E-state index in [0.29, 0.717) is 38.0 Å². The number of aromatic nitrogens is 2. The third kappa shape index (κ3) is 8.80. The number of aliphatic hydroxyl groups is 1. The predicted octanol–water partition coefficient (Wildman–Crippen LogP) is 4.43. The molecule has 2 atom stereocenters. The lowest BCUT2D eigenvalue weighted by atomic mass is 9.81. The van der Waals surface area contributed by atoms with Gasteiger partial charge in [0.05, 0.1) is 32.0 Å². The summed E-state index contributed by atoms with van der Waals surface area (Å²) >= 11 is 0. The van der Waals surface area contributed by atoms with Crippen LogP contribution >= 0.6 is 24.8 Å². The maximum Gasteiger partial charge on any atom is 0.323 e. The van der Waals surface area contributed by atoms with E-state index in [0.717, 1.165) is 25.2 Å². The molecule has 46 heavy (non-hydrogen) atoms.